The third-order valence-corrected chi connectivity index (χ3v) is 3.72. The molecule has 0 aliphatic rings. The van der Waals surface area contributed by atoms with Gasteiger partial charge in [-0.25, -0.2) is 9.97 Å². The molecule has 0 unspecified atom stereocenters. The Morgan fingerprint density at radius 3 is 2.29 bits per heavy atom. The predicted molar refractivity (Wildman–Crippen MR) is 99.7 cm³/mol. The lowest BCUT2D eigenvalue weighted by atomic mass is 10.1. The average molecular weight is 318 g/mol. The maximum absolute atomic E-state index is 4.46. The Kier molecular flexibility index (Phi) is 4.75. The van der Waals surface area contributed by atoms with Crippen molar-refractivity contribution >= 4 is 17.3 Å². The molecule has 4 nitrogen and oxygen atoms in total. The highest BCUT2D eigenvalue weighted by Crippen LogP contribution is 2.18. The summed E-state index contributed by atoms with van der Waals surface area (Å²) in [6.45, 7) is 6.80. The summed E-state index contributed by atoms with van der Waals surface area (Å²) in [5.74, 6) is 2.34. The zero-order chi connectivity index (χ0) is 16.9. The summed E-state index contributed by atoms with van der Waals surface area (Å²) in [5, 5.41) is 6.71. The number of hydrogen-bond donors (Lipinski definition) is 2. The van der Waals surface area contributed by atoms with Gasteiger partial charge in [-0.1, -0.05) is 42.0 Å². The molecule has 0 saturated carbocycles. The van der Waals surface area contributed by atoms with E-state index in [0.717, 1.165) is 29.7 Å². The van der Waals surface area contributed by atoms with Crippen LogP contribution in [0.4, 0.5) is 17.3 Å². The molecule has 0 fully saturated rings. The number of aromatic nitrogens is 2. The largest absolute Gasteiger partial charge is 0.366 e. The van der Waals surface area contributed by atoms with Crippen LogP contribution in [-0.2, 0) is 6.54 Å². The smallest absolute Gasteiger partial charge is 0.136 e. The summed E-state index contributed by atoms with van der Waals surface area (Å²) in [6, 6.07) is 18.7. The zero-order valence-electron chi connectivity index (χ0n) is 14.3. The Morgan fingerprint density at radius 2 is 1.54 bits per heavy atom. The van der Waals surface area contributed by atoms with Crippen molar-refractivity contribution in [3.63, 3.8) is 0 Å². The lowest BCUT2D eigenvalue weighted by Gasteiger charge is -2.11. The minimum absolute atomic E-state index is 0.735. The molecule has 3 rings (SSSR count). The second-order valence-electron chi connectivity index (χ2n) is 6.02. The number of hydrogen-bond acceptors (Lipinski definition) is 4. The molecular formula is C20H22N4. The third-order valence-electron chi connectivity index (χ3n) is 3.72. The molecule has 0 radical (unpaired) electrons. The van der Waals surface area contributed by atoms with Gasteiger partial charge in [-0.3, -0.25) is 0 Å². The summed E-state index contributed by atoms with van der Waals surface area (Å²) in [6.07, 6.45) is 0. The molecule has 24 heavy (non-hydrogen) atoms. The van der Waals surface area contributed by atoms with Crippen molar-refractivity contribution in [2.24, 2.45) is 0 Å². The standard InChI is InChI=1S/C20H22N4/c1-14-7-9-17(10-8-14)13-21-19-12-20(23-16(3)22-19)24-18-6-4-5-15(2)11-18/h4-12H,13H2,1-3H3,(H2,21,22,23,24). The van der Waals surface area contributed by atoms with E-state index in [1.807, 2.05) is 25.1 Å². The van der Waals surface area contributed by atoms with Crippen molar-refractivity contribution in [2.75, 3.05) is 10.6 Å². The van der Waals surface area contributed by atoms with Gasteiger partial charge in [0.05, 0.1) is 0 Å². The fourth-order valence-electron chi connectivity index (χ4n) is 2.49. The number of nitrogens with one attached hydrogen (secondary N) is 2. The molecule has 0 amide bonds. The van der Waals surface area contributed by atoms with E-state index in [4.69, 9.17) is 0 Å². The van der Waals surface area contributed by atoms with Gasteiger partial charge < -0.3 is 10.6 Å². The van der Waals surface area contributed by atoms with E-state index < -0.39 is 0 Å². The molecule has 3 aromatic rings. The first-order chi connectivity index (χ1) is 11.6. The van der Waals surface area contributed by atoms with Crippen molar-refractivity contribution in [3.05, 3.63) is 77.1 Å². The molecule has 0 spiro atoms. The maximum Gasteiger partial charge on any atom is 0.136 e. The lowest BCUT2D eigenvalue weighted by molar-refractivity contribution is 1.02. The van der Waals surface area contributed by atoms with Crippen molar-refractivity contribution in [2.45, 2.75) is 27.3 Å². The van der Waals surface area contributed by atoms with Gasteiger partial charge in [0, 0.05) is 18.3 Å². The normalized spacial score (nSPS) is 10.5. The summed E-state index contributed by atoms with van der Waals surface area (Å²) < 4.78 is 0. The van der Waals surface area contributed by atoms with Crippen molar-refractivity contribution in [3.8, 4) is 0 Å². The van der Waals surface area contributed by atoms with Crippen LogP contribution in [0.2, 0.25) is 0 Å². The first-order valence-electron chi connectivity index (χ1n) is 8.07. The molecule has 4 heteroatoms. The topological polar surface area (TPSA) is 49.8 Å². The van der Waals surface area contributed by atoms with Crippen LogP contribution in [0.25, 0.3) is 0 Å². The van der Waals surface area contributed by atoms with E-state index in [2.05, 4.69) is 70.8 Å². The molecule has 0 saturated heterocycles. The molecule has 1 heterocycles. The highest BCUT2D eigenvalue weighted by molar-refractivity contribution is 5.59. The maximum atomic E-state index is 4.46. The number of benzene rings is 2. The summed E-state index contributed by atoms with van der Waals surface area (Å²) in [4.78, 5) is 8.93. The van der Waals surface area contributed by atoms with Crippen LogP contribution in [0, 0.1) is 20.8 Å². The van der Waals surface area contributed by atoms with E-state index in [1.54, 1.807) is 0 Å². The minimum Gasteiger partial charge on any atom is -0.366 e. The fourth-order valence-corrected chi connectivity index (χ4v) is 2.49. The van der Waals surface area contributed by atoms with Gasteiger partial charge in [0.25, 0.3) is 0 Å². The van der Waals surface area contributed by atoms with Crippen LogP contribution in [0.15, 0.2) is 54.6 Å². The van der Waals surface area contributed by atoms with E-state index in [0.29, 0.717) is 0 Å². The predicted octanol–water partition coefficient (Wildman–Crippen LogP) is 4.76. The van der Waals surface area contributed by atoms with E-state index in [9.17, 15) is 0 Å². The van der Waals surface area contributed by atoms with Crippen LogP contribution >= 0.6 is 0 Å². The molecule has 0 atom stereocenters. The Morgan fingerprint density at radius 1 is 0.792 bits per heavy atom. The minimum atomic E-state index is 0.735. The number of aryl methyl sites for hydroxylation is 3. The van der Waals surface area contributed by atoms with Crippen LogP contribution < -0.4 is 10.6 Å². The Balaban J connectivity index is 1.72. The fraction of sp³-hybridized carbons (Fsp3) is 0.200. The van der Waals surface area contributed by atoms with E-state index >= 15 is 0 Å². The summed E-state index contributed by atoms with van der Waals surface area (Å²) >= 11 is 0. The van der Waals surface area contributed by atoms with Gasteiger partial charge in [0.15, 0.2) is 0 Å². The Labute approximate surface area is 143 Å². The van der Waals surface area contributed by atoms with Gasteiger partial charge in [-0.15, -0.1) is 0 Å². The van der Waals surface area contributed by atoms with Crippen molar-refractivity contribution in [1.29, 1.82) is 0 Å². The Hall–Kier alpha value is -2.88. The molecule has 2 N–H and O–H groups in total. The molecule has 0 aliphatic heterocycles. The van der Waals surface area contributed by atoms with Crippen LogP contribution in [-0.4, -0.2) is 9.97 Å². The van der Waals surface area contributed by atoms with Gasteiger partial charge in [-0.2, -0.15) is 0 Å². The highest BCUT2D eigenvalue weighted by Gasteiger charge is 2.03. The summed E-state index contributed by atoms with van der Waals surface area (Å²) in [5.41, 5.74) is 4.73. The Bertz CT molecular complexity index is 825. The molecule has 1 aromatic heterocycles. The number of nitrogens with zero attached hydrogens (tertiary/aromatic N) is 2. The summed E-state index contributed by atoms with van der Waals surface area (Å²) in [7, 11) is 0. The molecule has 0 aliphatic carbocycles. The second-order valence-corrected chi connectivity index (χ2v) is 6.02. The van der Waals surface area contributed by atoms with Gasteiger partial charge in [0.1, 0.15) is 17.5 Å². The van der Waals surface area contributed by atoms with E-state index in [-0.39, 0.29) is 0 Å². The van der Waals surface area contributed by atoms with Gasteiger partial charge >= 0.3 is 0 Å². The van der Waals surface area contributed by atoms with Crippen molar-refractivity contribution in [1.82, 2.24) is 9.97 Å². The SMILES string of the molecule is Cc1ccc(CNc2cc(Nc3cccc(C)c3)nc(C)n2)cc1. The van der Waals surface area contributed by atoms with E-state index in [1.165, 1.54) is 16.7 Å². The van der Waals surface area contributed by atoms with Gasteiger partial charge in [0.2, 0.25) is 0 Å². The zero-order valence-corrected chi connectivity index (χ0v) is 14.3. The first-order valence-corrected chi connectivity index (χ1v) is 8.07. The molecule has 2 aromatic carbocycles. The number of rotatable bonds is 5. The molecule has 122 valence electrons. The number of anilines is 3. The lowest BCUT2D eigenvalue weighted by Crippen LogP contribution is -2.05. The van der Waals surface area contributed by atoms with Crippen LogP contribution in [0.1, 0.15) is 22.5 Å². The van der Waals surface area contributed by atoms with Crippen molar-refractivity contribution < 1.29 is 0 Å². The second kappa shape index (κ2) is 7.13. The van der Waals surface area contributed by atoms with Crippen LogP contribution in [0.3, 0.4) is 0 Å². The first kappa shape index (κ1) is 16.0. The van der Waals surface area contributed by atoms with Crippen LogP contribution in [0.5, 0.6) is 0 Å². The highest BCUT2D eigenvalue weighted by atomic mass is 15.1. The molecule has 0 bridgehead atoms. The average Bonchev–Trinajstić information content (AvgIpc) is 2.54. The quantitative estimate of drug-likeness (QED) is 0.712. The third kappa shape index (κ3) is 4.32. The molecular weight excluding hydrogens is 296 g/mol. The van der Waals surface area contributed by atoms with Gasteiger partial charge in [-0.05, 0) is 44.0 Å². The monoisotopic (exact) mass is 318 g/mol.